The van der Waals surface area contributed by atoms with Gasteiger partial charge in [-0.05, 0) is 53.8 Å². The Hall–Kier alpha value is -3.00. The molecule has 0 atom stereocenters. The third kappa shape index (κ3) is 5.25. The first-order valence-electron chi connectivity index (χ1n) is 8.99. The van der Waals surface area contributed by atoms with E-state index >= 15 is 0 Å². The van der Waals surface area contributed by atoms with E-state index < -0.39 is 0 Å². The van der Waals surface area contributed by atoms with Gasteiger partial charge in [-0.2, -0.15) is 0 Å². The molecule has 0 N–H and O–H groups in total. The Labute approximate surface area is 155 Å². The largest absolute Gasteiger partial charge is 0.494 e. The fraction of sp³-hybridized carbons (Fsp3) is 0.167. The van der Waals surface area contributed by atoms with Crippen molar-refractivity contribution in [2.24, 2.45) is 0 Å². The highest BCUT2D eigenvalue weighted by molar-refractivity contribution is 5.63. The molecule has 0 saturated heterocycles. The van der Waals surface area contributed by atoms with Crippen molar-refractivity contribution in [2.75, 3.05) is 13.2 Å². The predicted molar refractivity (Wildman–Crippen MR) is 109 cm³/mol. The minimum Gasteiger partial charge on any atom is -0.494 e. The van der Waals surface area contributed by atoms with Crippen molar-refractivity contribution >= 4 is 6.08 Å². The molecule has 0 spiro atoms. The van der Waals surface area contributed by atoms with Crippen LogP contribution in [0.25, 0.3) is 17.2 Å². The van der Waals surface area contributed by atoms with Crippen LogP contribution in [0.4, 0.5) is 0 Å². The Balaban J connectivity index is 1.35. The third-order valence-electron chi connectivity index (χ3n) is 4.15. The van der Waals surface area contributed by atoms with Crippen LogP contribution < -0.4 is 9.47 Å². The van der Waals surface area contributed by atoms with Crippen LogP contribution in [0.1, 0.15) is 18.4 Å². The molecule has 0 aliphatic carbocycles. The second-order valence-electron chi connectivity index (χ2n) is 6.07. The van der Waals surface area contributed by atoms with E-state index in [9.17, 15) is 0 Å². The summed E-state index contributed by atoms with van der Waals surface area (Å²) >= 11 is 0. The first-order valence-corrected chi connectivity index (χ1v) is 8.99. The van der Waals surface area contributed by atoms with Gasteiger partial charge in [-0.25, -0.2) is 0 Å². The van der Waals surface area contributed by atoms with E-state index in [0.29, 0.717) is 13.2 Å². The quantitative estimate of drug-likeness (QED) is 0.428. The molecule has 2 heteroatoms. The summed E-state index contributed by atoms with van der Waals surface area (Å²) < 4.78 is 11.5. The first-order chi connectivity index (χ1) is 12.8. The number of unbranched alkanes of at least 4 members (excludes halogenated alkanes) is 1. The Bertz CT molecular complexity index is 790. The molecule has 0 saturated carbocycles. The molecule has 0 bridgehead atoms. The maximum Gasteiger partial charge on any atom is 0.119 e. The number of ether oxygens (including phenoxy) is 2. The SMILES string of the molecule is C=Cc1ccc(OCCCCOc2ccc(-c3ccccc3)cc2)cc1. The van der Waals surface area contributed by atoms with Gasteiger partial charge in [0.05, 0.1) is 13.2 Å². The molecule has 26 heavy (non-hydrogen) atoms. The zero-order valence-corrected chi connectivity index (χ0v) is 14.9. The summed E-state index contributed by atoms with van der Waals surface area (Å²) in [7, 11) is 0. The van der Waals surface area contributed by atoms with Crippen LogP contribution >= 0.6 is 0 Å². The standard InChI is InChI=1S/C24H24O2/c1-2-20-10-14-23(15-11-20)25-18-6-7-19-26-24-16-12-22(13-17-24)21-8-4-3-5-9-21/h2-5,8-17H,1,6-7,18-19H2. The van der Waals surface area contributed by atoms with Crippen LogP contribution in [0.5, 0.6) is 11.5 Å². The van der Waals surface area contributed by atoms with Gasteiger partial charge in [0, 0.05) is 0 Å². The van der Waals surface area contributed by atoms with Crippen LogP contribution in [0.3, 0.4) is 0 Å². The lowest BCUT2D eigenvalue weighted by Crippen LogP contribution is -2.02. The lowest BCUT2D eigenvalue weighted by Gasteiger charge is -2.09. The molecule has 3 aromatic carbocycles. The first kappa shape index (κ1) is 17.8. The van der Waals surface area contributed by atoms with E-state index in [1.807, 2.05) is 48.5 Å². The van der Waals surface area contributed by atoms with Gasteiger partial charge in [-0.3, -0.25) is 0 Å². The summed E-state index contributed by atoms with van der Waals surface area (Å²) in [6.45, 7) is 5.14. The molecule has 0 fully saturated rings. The molecule has 0 amide bonds. The molecule has 0 unspecified atom stereocenters. The smallest absolute Gasteiger partial charge is 0.119 e. The maximum absolute atomic E-state index is 5.81. The lowest BCUT2D eigenvalue weighted by molar-refractivity contribution is 0.266. The molecular formula is C24H24O2. The molecule has 0 radical (unpaired) electrons. The summed E-state index contributed by atoms with van der Waals surface area (Å²) in [6.07, 6.45) is 3.75. The lowest BCUT2D eigenvalue weighted by atomic mass is 10.1. The Morgan fingerprint density at radius 3 is 1.65 bits per heavy atom. The monoisotopic (exact) mass is 344 g/mol. The highest BCUT2D eigenvalue weighted by Crippen LogP contribution is 2.22. The van der Waals surface area contributed by atoms with Gasteiger partial charge >= 0.3 is 0 Å². The molecule has 3 aromatic rings. The van der Waals surface area contributed by atoms with Crippen molar-refractivity contribution in [3.63, 3.8) is 0 Å². The van der Waals surface area contributed by atoms with Crippen LogP contribution in [0, 0.1) is 0 Å². The van der Waals surface area contributed by atoms with Crippen LogP contribution in [0.15, 0.2) is 85.4 Å². The van der Waals surface area contributed by atoms with Gasteiger partial charge in [0.25, 0.3) is 0 Å². The van der Waals surface area contributed by atoms with Gasteiger partial charge in [-0.15, -0.1) is 0 Å². The van der Waals surface area contributed by atoms with Crippen LogP contribution in [0.2, 0.25) is 0 Å². The zero-order valence-electron chi connectivity index (χ0n) is 14.9. The minimum atomic E-state index is 0.698. The summed E-state index contributed by atoms with van der Waals surface area (Å²) in [5.74, 6) is 1.80. The van der Waals surface area contributed by atoms with E-state index in [-0.39, 0.29) is 0 Å². The van der Waals surface area contributed by atoms with E-state index in [4.69, 9.17) is 9.47 Å². The summed E-state index contributed by atoms with van der Waals surface area (Å²) in [6, 6.07) is 26.6. The summed E-state index contributed by atoms with van der Waals surface area (Å²) in [4.78, 5) is 0. The second kappa shape index (κ2) is 9.47. The van der Waals surface area contributed by atoms with Crippen LogP contribution in [-0.2, 0) is 0 Å². The van der Waals surface area contributed by atoms with E-state index in [1.54, 1.807) is 0 Å². The van der Waals surface area contributed by atoms with Crippen molar-refractivity contribution in [1.82, 2.24) is 0 Å². The van der Waals surface area contributed by atoms with E-state index in [0.717, 1.165) is 29.9 Å². The number of benzene rings is 3. The molecule has 0 aromatic heterocycles. The number of hydrogen-bond acceptors (Lipinski definition) is 2. The molecule has 0 aliphatic rings. The normalized spacial score (nSPS) is 10.3. The molecule has 132 valence electrons. The van der Waals surface area contributed by atoms with Gasteiger partial charge in [0.15, 0.2) is 0 Å². The fourth-order valence-electron chi connectivity index (χ4n) is 2.66. The van der Waals surface area contributed by atoms with Gasteiger partial charge in [0.1, 0.15) is 11.5 Å². The second-order valence-corrected chi connectivity index (χ2v) is 6.07. The number of hydrogen-bond donors (Lipinski definition) is 0. The summed E-state index contributed by atoms with van der Waals surface area (Å²) in [5.41, 5.74) is 3.52. The molecule has 3 rings (SSSR count). The van der Waals surface area contributed by atoms with Crippen molar-refractivity contribution < 1.29 is 9.47 Å². The Kier molecular flexibility index (Phi) is 6.49. The highest BCUT2D eigenvalue weighted by atomic mass is 16.5. The zero-order chi connectivity index (χ0) is 18.0. The van der Waals surface area contributed by atoms with E-state index in [2.05, 4.69) is 43.0 Å². The molecule has 0 aliphatic heterocycles. The average molecular weight is 344 g/mol. The maximum atomic E-state index is 5.81. The topological polar surface area (TPSA) is 18.5 Å². The highest BCUT2D eigenvalue weighted by Gasteiger charge is 1.99. The van der Waals surface area contributed by atoms with Gasteiger partial charge in [-0.1, -0.05) is 67.3 Å². The molecule has 2 nitrogen and oxygen atoms in total. The van der Waals surface area contributed by atoms with Crippen molar-refractivity contribution in [2.45, 2.75) is 12.8 Å². The third-order valence-corrected chi connectivity index (χ3v) is 4.15. The minimum absolute atomic E-state index is 0.698. The Morgan fingerprint density at radius 2 is 1.12 bits per heavy atom. The van der Waals surface area contributed by atoms with Crippen molar-refractivity contribution in [1.29, 1.82) is 0 Å². The van der Waals surface area contributed by atoms with Crippen molar-refractivity contribution in [3.05, 3.63) is 91.0 Å². The van der Waals surface area contributed by atoms with Crippen molar-refractivity contribution in [3.8, 4) is 22.6 Å². The van der Waals surface area contributed by atoms with E-state index in [1.165, 1.54) is 11.1 Å². The summed E-state index contributed by atoms with van der Waals surface area (Å²) in [5, 5.41) is 0. The molecule has 0 heterocycles. The van der Waals surface area contributed by atoms with Crippen LogP contribution in [-0.4, -0.2) is 13.2 Å². The number of rotatable bonds is 9. The van der Waals surface area contributed by atoms with Gasteiger partial charge < -0.3 is 9.47 Å². The average Bonchev–Trinajstić information content (AvgIpc) is 2.72. The van der Waals surface area contributed by atoms with Gasteiger partial charge in [0.2, 0.25) is 0 Å². The fourth-order valence-corrected chi connectivity index (χ4v) is 2.66. The predicted octanol–water partition coefficient (Wildman–Crippen LogP) is 6.23. The Morgan fingerprint density at radius 1 is 0.615 bits per heavy atom. The molecular weight excluding hydrogens is 320 g/mol.